The van der Waals surface area contributed by atoms with Gasteiger partial charge in [-0.1, -0.05) is 6.92 Å². The molecule has 2 aromatic rings. The third kappa shape index (κ3) is 2.68. The first kappa shape index (κ1) is 13.4. The minimum absolute atomic E-state index is 0.275. The maximum Gasteiger partial charge on any atom is 0.311 e. The van der Waals surface area contributed by atoms with Gasteiger partial charge in [0.25, 0.3) is 5.91 Å². The number of carbonyl (C=O) groups is 2. The van der Waals surface area contributed by atoms with E-state index in [1.807, 2.05) is 0 Å². The minimum atomic E-state index is -0.479. The Hall–Kier alpha value is -2.08. The highest BCUT2D eigenvalue weighted by Crippen LogP contribution is 2.36. The highest BCUT2D eigenvalue weighted by Gasteiger charge is 2.14. The monoisotopic (exact) mass is 279 g/mol. The molecule has 6 heteroatoms. The molecule has 1 aromatic carbocycles. The van der Waals surface area contributed by atoms with Gasteiger partial charge in [0.15, 0.2) is 11.5 Å². The van der Waals surface area contributed by atoms with E-state index >= 15 is 0 Å². The minimum Gasteiger partial charge on any atom is -0.493 e. The Kier molecular flexibility index (Phi) is 3.71. The molecule has 5 nitrogen and oxygen atoms in total. The number of nitrogens with two attached hydrogens (primary N) is 1. The molecule has 2 rings (SSSR count). The molecule has 0 saturated heterocycles. The molecule has 1 amide bonds. The van der Waals surface area contributed by atoms with Crippen LogP contribution in [0.3, 0.4) is 0 Å². The molecular weight excluding hydrogens is 266 g/mol. The summed E-state index contributed by atoms with van der Waals surface area (Å²) in [5.74, 6) is -0.0295. The van der Waals surface area contributed by atoms with E-state index in [0.717, 1.165) is 10.1 Å². The number of methoxy groups -OCH3 is 1. The van der Waals surface area contributed by atoms with Gasteiger partial charge >= 0.3 is 5.97 Å². The van der Waals surface area contributed by atoms with Crippen molar-refractivity contribution in [2.24, 2.45) is 5.73 Å². The number of ether oxygens (including phenoxy) is 2. The van der Waals surface area contributed by atoms with Gasteiger partial charge in [0.1, 0.15) is 0 Å². The quantitative estimate of drug-likeness (QED) is 0.688. The normalized spacial score (nSPS) is 10.4. The number of hydrogen-bond acceptors (Lipinski definition) is 5. The van der Waals surface area contributed by atoms with Crippen molar-refractivity contribution in [3.63, 3.8) is 0 Å². The number of thiophene rings is 1. The maximum absolute atomic E-state index is 11.3. The number of amides is 1. The van der Waals surface area contributed by atoms with Crippen molar-refractivity contribution in [2.75, 3.05) is 7.11 Å². The summed E-state index contributed by atoms with van der Waals surface area (Å²) in [6, 6.07) is 5.07. The SMILES string of the molecule is CCC(=O)Oc1cc2cc(C(N)=O)sc2cc1OC. The van der Waals surface area contributed by atoms with Gasteiger partial charge in [0, 0.05) is 17.2 Å². The van der Waals surface area contributed by atoms with E-state index < -0.39 is 5.91 Å². The molecule has 0 aliphatic rings. The second-order valence-electron chi connectivity index (χ2n) is 3.84. The summed E-state index contributed by atoms with van der Waals surface area (Å²) in [7, 11) is 1.49. The lowest BCUT2D eigenvalue weighted by molar-refractivity contribution is -0.134. The predicted molar refractivity (Wildman–Crippen MR) is 72.8 cm³/mol. The van der Waals surface area contributed by atoms with Crippen molar-refractivity contribution < 1.29 is 19.1 Å². The van der Waals surface area contributed by atoms with Gasteiger partial charge in [0.05, 0.1) is 12.0 Å². The topological polar surface area (TPSA) is 78.6 Å². The van der Waals surface area contributed by atoms with Crippen LogP contribution in [0.25, 0.3) is 10.1 Å². The zero-order valence-corrected chi connectivity index (χ0v) is 11.4. The molecular formula is C13H13NO4S. The molecule has 0 unspecified atom stereocenters. The van der Waals surface area contributed by atoms with Crippen molar-refractivity contribution in [1.82, 2.24) is 0 Å². The summed E-state index contributed by atoms with van der Waals surface area (Å²) in [5.41, 5.74) is 5.24. The van der Waals surface area contributed by atoms with Gasteiger partial charge in [0.2, 0.25) is 0 Å². The first-order valence-electron chi connectivity index (χ1n) is 5.67. The van der Waals surface area contributed by atoms with E-state index in [1.165, 1.54) is 18.4 Å². The van der Waals surface area contributed by atoms with Crippen LogP contribution in [0.2, 0.25) is 0 Å². The Balaban J connectivity index is 2.51. The van der Waals surface area contributed by atoms with Crippen molar-refractivity contribution in [3.8, 4) is 11.5 Å². The first-order valence-corrected chi connectivity index (χ1v) is 6.49. The fraction of sp³-hybridized carbons (Fsp3) is 0.231. The zero-order valence-electron chi connectivity index (χ0n) is 10.6. The molecule has 0 bridgehead atoms. The summed E-state index contributed by atoms with van der Waals surface area (Å²) in [5, 5.41) is 0.790. The number of hydrogen-bond donors (Lipinski definition) is 1. The lowest BCUT2D eigenvalue weighted by Crippen LogP contribution is -2.08. The van der Waals surface area contributed by atoms with E-state index in [-0.39, 0.29) is 12.4 Å². The number of fused-ring (bicyclic) bond motifs is 1. The average Bonchev–Trinajstić information content (AvgIpc) is 2.80. The zero-order chi connectivity index (χ0) is 14.0. The number of rotatable bonds is 4. The number of benzene rings is 1. The lowest BCUT2D eigenvalue weighted by Gasteiger charge is -2.08. The molecule has 0 spiro atoms. The standard InChI is InChI=1S/C13H13NO4S/c1-3-12(15)18-9-4-7-5-11(13(14)16)19-10(7)6-8(9)17-2/h4-6H,3H2,1-2H3,(H2,14,16). The van der Waals surface area contributed by atoms with Gasteiger partial charge in [-0.3, -0.25) is 9.59 Å². The fourth-order valence-corrected chi connectivity index (χ4v) is 2.53. The molecule has 0 fully saturated rings. The smallest absolute Gasteiger partial charge is 0.311 e. The van der Waals surface area contributed by atoms with Crippen LogP contribution in [0.15, 0.2) is 18.2 Å². The average molecular weight is 279 g/mol. The largest absolute Gasteiger partial charge is 0.493 e. The van der Waals surface area contributed by atoms with Crippen LogP contribution >= 0.6 is 11.3 Å². The molecule has 100 valence electrons. The van der Waals surface area contributed by atoms with Crippen LogP contribution in [0.1, 0.15) is 23.0 Å². The van der Waals surface area contributed by atoms with Crippen LogP contribution in [0.5, 0.6) is 11.5 Å². The Morgan fingerprint density at radius 1 is 1.26 bits per heavy atom. The third-order valence-electron chi connectivity index (χ3n) is 2.56. The Morgan fingerprint density at radius 2 is 2.00 bits per heavy atom. The van der Waals surface area contributed by atoms with Gasteiger partial charge in [-0.15, -0.1) is 11.3 Å². The summed E-state index contributed by atoms with van der Waals surface area (Å²) in [6.07, 6.45) is 0.275. The van der Waals surface area contributed by atoms with Crippen LogP contribution < -0.4 is 15.2 Å². The van der Waals surface area contributed by atoms with E-state index in [9.17, 15) is 9.59 Å². The molecule has 19 heavy (non-hydrogen) atoms. The Labute approximate surface area is 113 Å². The highest BCUT2D eigenvalue weighted by molar-refractivity contribution is 7.20. The molecule has 2 N–H and O–H groups in total. The summed E-state index contributed by atoms with van der Waals surface area (Å²) >= 11 is 1.27. The molecule has 0 aliphatic heterocycles. The Bertz CT molecular complexity index is 647. The van der Waals surface area contributed by atoms with Gasteiger partial charge in [-0.25, -0.2) is 0 Å². The predicted octanol–water partition coefficient (Wildman–Crippen LogP) is 2.32. The van der Waals surface area contributed by atoms with Gasteiger partial charge in [-0.2, -0.15) is 0 Å². The first-order chi connectivity index (χ1) is 9.05. The third-order valence-corrected chi connectivity index (χ3v) is 3.67. The van der Waals surface area contributed by atoms with Gasteiger partial charge in [-0.05, 0) is 17.5 Å². The second-order valence-corrected chi connectivity index (χ2v) is 4.93. The molecule has 0 aliphatic carbocycles. The summed E-state index contributed by atoms with van der Waals surface area (Å²) in [6.45, 7) is 1.71. The molecule has 0 radical (unpaired) electrons. The number of carbonyl (C=O) groups excluding carboxylic acids is 2. The van der Waals surface area contributed by atoms with Crippen molar-refractivity contribution in [3.05, 3.63) is 23.1 Å². The highest BCUT2D eigenvalue weighted by atomic mass is 32.1. The van der Waals surface area contributed by atoms with Crippen LogP contribution in [-0.4, -0.2) is 19.0 Å². The molecule has 0 atom stereocenters. The number of primary amides is 1. The number of esters is 1. The van der Waals surface area contributed by atoms with E-state index in [2.05, 4.69) is 0 Å². The molecule has 0 saturated carbocycles. The van der Waals surface area contributed by atoms with Crippen LogP contribution in [0, 0.1) is 0 Å². The lowest BCUT2D eigenvalue weighted by atomic mass is 10.2. The van der Waals surface area contributed by atoms with Gasteiger partial charge < -0.3 is 15.2 Å². The van der Waals surface area contributed by atoms with Crippen molar-refractivity contribution in [2.45, 2.75) is 13.3 Å². The maximum atomic E-state index is 11.3. The van der Waals surface area contributed by atoms with Crippen molar-refractivity contribution in [1.29, 1.82) is 0 Å². The van der Waals surface area contributed by atoms with E-state index in [1.54, 1.807) is 25.1 Å². The van der Waals surface area contributed by atoms with Crippen LogP contribution in [0.4, 0.5) is 0 Å². The Morgan fingerprint density at radius 3 is 2.58 bits per heavy atom. The molecule has 1 heterocycles. The summed E-state index contributed by atoms with van der Waals surface area (Å²) < 4.78 is 11.2. The second kappa shape index (κ2) is 5.27. The van der Waals surface area contributed by atoms with Crippen LogP contribution in [-0.2, 0) is 4.79 Å². The van der Waals surface area contributed by atoms with Crippen molar-refractivity contribution >= 4 is 33.3 Å². The summed E-state index contributed by atoms with van der Waals surface area (Å²) in [4.78, 5) is 23.0. The van der Waals surface area contributed by atoms with E-state index in [4.69, 9.17) is 15.2 Å². The molecule has 1 aromatic heterocycles. The fourth-order valence-electron chi connectivity index (χ4n) is 1.60. The van der Waals surface area contributed by atoms with E-state index in [0.29, 0.717) is 16.4 Å².